The lowest BCUT2D eigenvalue weighted by atomic mass is 9.41. The van der Waals surface area contributed by atoms with Gasteiger partial charge in [-0.25, -0.2) is 0 Å². The third-order valence-electron chi connectivity index (χ3n) is 12.1. The van der Waals surface area contributed by atoms with Gasteiger partial charge < -0.3 is 9.47 Å². The van der Waals surface area contributed by atoms with Crippen LogP contribution in [0.5, 0.6) is 0 Å². The second-order valence-electron chi connectivity index (χ2n) is 17.6. The molecule has 262 valence electrons. The predicted octanol–water partition coefficient (Wildman–Crippen LogP) is 11.0. The quantitative estimate of drug-likeness (QED) is 0.196. The van der Waals surface area contributed by atoms with Crippen molar-refractivity contribution in [1.29, 1.82) is 0 Å². The maximum Gasteiger partial charge on any atom is 0.309 e. The molecule has 4 heteroatoms. The summed E-state index contributed by atoms with van der Waals surface area (Å²) in [6, 6.07) is 2.38. The number of benzene rings is 1. The number of ether oxygens (including phenoxy) is 2. The molecule has 4 nitrogen and oxygen atoms in total. The van der Waals surface area contributed by atoms with Gasteiger partial charge >= 0.3 is 11.9 Å². The molecule has 0 N–H and O–H groups in total. The van der Waals surface area contributed by atoms with Crippen molar-refractivity contribution in [3.8, 4) is 0 Å². The fourth-order valence-electron chi connectivity index (χ4n) is 10.1. The van der Waals surface area contributed by atoms with Crippen molar-refractivity contribution < 1.29 is 19.1 Å². The van der Waals surface area contributed by atoms with Crippen LogP contribution < -0.4 is 0 Å². The van der Waals surface area contributed by atoms with E-state index in [0.717, 1.165) is 30.4 Å². The van der Waals surface area contributed by atoms with Crippen molar-refractivity contribution in [2.24, 2.45) is 27.6 Å². The highest BCUT2D eigenvalue weighted by molar-refractivity contribution is 5.88. The maximum atomic E-state index is 13.5. The smallest absolute Gasteiger partial charge is 0.309 e. The van der Waals surface area contributed by atoms with E-state index in [1.165, 1.54) is 62.6 Å². The van der Waals surface area contributed by atoms with Gasteiger partial charge in [0.2, 0.25) is 0 Å². The third-order valence-corrected chi connectivity index (χ3v) is 12.1. The molecule has 1 aromatic carbocycles. The molecule has 3 aliphatic rings. The average molecular weight is 655 g/mol. The van der Waals surface area contributed by atoms with Crippen LogP contribution in [0.25, 0.3) is 5.57 Å². The standard InChI is InChI=1S/C44H62O4/c1-25(2)35-20-33(19-34(22-41(11,12)13)40(46)48-18-17-47-32(10)45)28(6)38-29(7)39-31(9)44(16)30(8)37(26(3)4)27(5)21-43(44,15)24-42(39,14)23-36(35)38/h20,25,34H,3,7-8,17-19,21-24H2,1-2,4-6,9-16H3/t34?,42-,43+,44-/m1/s1. The molecule has 1 aromatic rings. The van der Waals surface area contributed by atoms with E-state index in [-0.39, 0.29) is 52.7 Å². The van der Waals surface area contributed by atoms with Gasteiger partial charge in [0, 0.05) is 12.3 Å². The molecule has 0 saturated heterocycles. The Morgan fingerprint density at radius 2 is 1.58 bits per heavy atom. The molecule has 0 spiro atoms. The number of esters is 2. The number of fused-ring (bicyclic) bond motifs is 3. The number of carbonyl (C=O) groups is 2. The SMILES string of the molecule is C=C(C)C1=C(C)C[C@@]2(C)C[C@@]3(C)Cc4c(C(C)C)cc(CC(CC(C)(C)C)C(=O)OCCOC(C)=O)c(C)c4C(=C)C3=C(C)[C@@]2(C)C1=C. The molecule has 3 aliphatic carbocycles. The van der Waals surface area contributed by atoms with E-state index >= 15 is 0 Å². The summed E-state index contributed by atoms with van der Waals surface area (Å²) >= 11 is 0. The summed E-state index contributed by atoms with van der Waals surface area (Å²) in [5, 5.41) is 0. The first-order valence-corrected chi connectivity index (χ1v) is 17.9. The van der Waals surface area contributed by atoms with Crippen molar-refractivity contribution in [3.63, 3.8) is 0 Å². The van der Waals surface area contributed by atoms with E-state index in [0.29, 0.717) is 18.8 Å². The molecule has 0 heterocycles. The van der Waals surface area contributed by atoms with E-state index in [4.69, 9.17) is 22.6 Å². The van der Waals surface area contributed by atoms with Crippen LogP contribution in [0.1, 0.15) is 136 Å². The Morgan fingerprint density at radius 3 is 2.12 bits per heavy atom. The molecule has 0 bridgehead atoms. The van der Waals surface area contributed by atoms with E-state index in [9.17, 15) is 9.59 Å². The summed E-state index contributed by atoms with van der Waals surface area (Å²) in [7, 11) is 0. The lowest BCUT2D eigenvalue weighted by Gasteiger charge is -2.62. The highest BCUT2D eigenvalue weighted by atomic mass is 16.6. The number of carbonyl (C=O) groups excluding carboxylic acids is 2. The molecule has 4 atom stereocenters. The first kappa shape index (κ1) is 37.7. The van der Waals surface area contributed by atoms with E-state index in [1.807, 2.05) is 0 Å². The van der Waals surface area contributed by atoms with Crippen LogP contribution in [0.2, 0.25) is 0 Å². The summed E-state index contributed by atoms with van der Waals surface area (Å²) in [6.45, 7) is 42.9. The zero-order chi connectivity index (χ0) is 36.3. The fraction of sp³-hybridized carbons (Fsp3) is 0.591. The average Bonchev–Trinajstić information content (AvgIpc) is 2.92. The van der Waals surface area contributed by atoms with Crippen molar-refractivity contribution in [3.05, 3.63) is 87.1 Å². The Morgan fingerprint density at radius 1 is 0.979 bits per heavy atom. The minimum absolute atomic E-state index is 0.0240. The Kier molecular flexibility index (Phi) is 10.2. The number of hydrogen-bond acceptors (Lipinski definition) is 4. The summed E-state index contributed by atoms with van der Waals surface area (Å²) in [6.07, 6.45) is 4.34. The Hall–Kier alpha value is -3.14. The van der Waals surface area contributed by atoms with E-state index in [2.05, 4.69) is 95.7 Å². The van der Waals surface area contributed by atoms with E-state index < -0.39 is 0 Å². The van der Waals surface area contributed by atoms with Crippen LogP contribution in [-0.2, 0) is 31.9 Å². The molecule has 0 aromatic heterocycles. The summed E-state index contributed by atoms with van der Waals surface area (Å²) in [5.41, 5.74) is 15.0. The zero-order valence-electron chi connectivity index (χ0n) is 32.4. The molecular weight excluding hydrogens is 592 g/mol. The minimum Gasteiger partial charge on any atom is -0.462 e. The van der Waals surface area contributed by atoms with Crippen LogP contribution >= 0.6 is 0 Å². The minimum atomic E-state index is -0.378. The van der Waals surface area contributed by atoms with Gasteiger partial charge in [0.15, 0.2) is 0 Å². The molecule has 0 amide bonds. The Balaban J connectivity index is 1.86. The normalized spacial score (nSPS) is 26.2. The van der Waals surface area contributed by atoms with Gasteiger partial charge in [-0.1, -0.05) is 97.9 Å². The number of hydrogen-bond donors (Lipinski definition) is 0. The molecule has 0 saturated carbocycles. The predicted molar refractivity (Wildman–Crippen MR) is 200 cm³/mol. The van der Waals surface area contributed by atoms with Gasteiger partial charge in [-0.05, 0) is 132 Å². The number of rotatable bonds is 9. The fourth-order valence-corrected chi connectivity index (χ4v) is 10.1. The highest BCUT2D eigenvalue weighted by Crippen LogP contribution is 2.70. The van der Waals surface area contributed by atoms with Gasteiger partial charge in [-0.15, -0.1) is 0 Å². The van der Waals surface area contributed by atoms with Gasteiger partial charge in [0.25, 0.3) is 0 Å². The van der Waals surface area contributed by atoms with Gasteiger partial charge in [0.1, 0.15) is 13.2 Å². The third kappa shape index (κ3) is 6.46. The molecular formula is C44H62O4. The second-order valence-corrected chi connectivity index (χ2v) is 17.6. The maximum absolute atomic E-state index is 13.5. The Labute approximate surface area is 291 Å². The Bertz CT molecular complexity index is 1640. The van der Waals surface area contributed by atoms with Crippen LogP contribution in [-0.4, -0.2) is 25.2 Å². The first-order valence-electron chi connectivity index (χ1n) is 17.9. The number of allylic oxidation sites excluding steroid dienone is 7. The molecule has 0 aliphatic heterocycles. The zero-order valence-corrected chi connectivity index (χ0v) is 32.4. The highest BCUT2D eigenvalue weighted by Gasteiger charge is 2.60. The van der Waals surface area contributed by atoms with Gasteiger partial charge in [-0.3, -0.25) is 9.59 Å². The largest absolute Gasteiger partial charge is 0.462 e. The van der Waals surface area contributed by atoms with Crippen LogP contribution in [0.4, 0.5) is 0 Å². The van der Waals surface area contributed by atoms with Crippen molar-refractivity contribution >= 4 is 17.5 Å². The lowest BCUT2D eigenvalue weighted by molar-refractivity contribution is -0.155. The molecule has 0 fully saturated rings. The van der Waals surface area contributed by atoms with Gasteiger partial charge in [0.05, 0.1) is 5.92 Å². The first-order chi connectivity index (χ1) is 22.0. The van der Waals surface area contributed by atoms with Crippen LogP contribution in [0.15, 0.2) is 59.2 Å². The van der Waals surface area contributed by atoms with Crippen LogP contribution in [0.3, 0.4) is 0 Å². The monoisotopic (exact) mass is 654 g/mol. The van der Waals surface area contributed by atoms with Gasteiger partial charge in [-0.2, -0.15) is 0 Å². The summed E-state index contributed by atoms with van der Waals surface area (Å²) in [4.78, 5) is 24.8. The van der Waals surface area contributed by atoms with Crippen LogP contribution in [0, 0.1) is 34.5 Å². The van der Waals surface area contributed by atoms with E-state index in [1.54, 1.807) is 0 Å². The van der Waals surface area contributed by atoms with Crippen molar-refractivity contribution in [1.82, 2.24) is 0 Å². The van der Waals surface area contributed by atoms with Crippen molar-refractivity contribution in [2.45, 2.75) is 128 Å². The molecule has 1 unspecified atom stereocenters. The van der Waals surface area contributed by atoms with Crippen molar-refractivity contribution in [2.75, 3.05) is 13.2 Å². The molecule has 4 rings (SSSR count). The summed E-state index contributed by atoms with van der Waals surface area (Å²) < 4.78 is 10.7. The second kappa shape index (κ2) is 13.0. The lowest BCUT2D eigenvalue weighted by Crippen LogP contribution is -2.52. The summed E-state index contributed by atoms with van der Waals surface area (Å²) in [5.74, 6) is -0.619. The molecule has 48 heavy (non-hydrogen) atoms. The molecule has 0 radical (unpaired) electrons. The topological polar surface area (TPSA) is 52.6 Å².